The van der Waals surface area contributed by atoms with Crippen molar-refractivity contribution >= 4 is 11.9 Å². The average Bonchev–Trinajstić information content (AvgIpc) is 1.67. The number of carboxylic acid groups (broad SMARTS) is 1. The molecule has 0 saturated heterocycles. The van der Waals surface area contributed by atoms with Gasteiger partial charge in [-0.2, -0.15) is 0 Å². The zero-order chi connectivity index (χ0) is 6.57. The molecular formula is C2H3NO4Ti. The molecule has 0 radical (unpaired) electrons. The fraction of sp³-hybridized carbons (Fsp3) is 0. The number of aliphatic carboxylic acids is 1. The summed E-state index contributed by atoms with van der Waals surface area (Å²) in [4.78, 5) is 19.3. The van der Waals surface area contributed by atoms with Gasteiger partial charge in [0.1, 0.15) is 0 Å². The van der Waals surface area contributed by atoms with Crippen LogP contribution in [0.25, 0.3) is 0 Å². The second-order valence-electron chi connectivity index (χ2n) is 0.821. The molecule has 44 valence electrons. The van der Waals surface area contributed by atoms with Crippen LogP contribution in [0.3, 0.4) is 0 Å². The average molecular weight is 153 g/mol. The van der Waals surface area contributed by atoms with Crippen LogP contribution < -0.4 is 9.32 Å². The number of quaternary nitrogens is 1. The van der Waals surface area contributed by atoms with E-state index in [1.165, 1.54) is 0 Å². The number of hydrogen-bond donors (Lipinski definition) is 1. The second kappa shape index (κ2) is 3.60. The molecule has 5 nitrogen and oxygen atoms in total. The molecule has 0 aliphatic rings. The Balaban J connectivity index is 3.49. The maximum absolute atomic E-state index is 9.85. The van der Waals surface area contributed by atoms with Crippen LogP contribution in [0.2, 0.25) is 0 Å². The molecule has 0 aliphatic heterocycles. The summed E-state index contributed by atoms with van der Waals surface area (Å²) in [6, 6.07) is 0. The van der Waals surface area contributed by atoms with Crippen LogP contribution in [0.5, 0.6) is 0 Å². The number of carbonyl (C=O) groups is 2. The van der Waals surface area contributed by atoms with E-state index in [0.29, 0.717) is 0 Å². The van der Waals surface area contributed by atoms with Crippen LogP contribution in [-0.4, -0.2) is 11.9 Å². The molecule has 0 atom stereocenters. The van der Waals surface area contributed by atoms with Gasteiger partial charge < -0.3 is 0 Å². The van der Waals surface area contributed by atoms with Crippen molar-refractivity contribution in [2.75, 3.05) is 0 Å². The topological polar surface area (TPSA) is 94.1 Å². The van der Waals surface area contributed by atoms with Crippen molar-refractivity contribution < 1.29 is 42.0 Å². The zero-order valence-corrected chi connectivity index (χ0v) is 5.40. The van der Waals surface area contributed by atoms with Gasteiger partial charge in [-0.15, -0.1) is 0 Å². The van der Waals surface area contributed by atoms with E-state index in [-0.39, 0.29) is 0 Å². The Labute approximate surface area is 54.5 Å². The van der Waals surface area contributed by atoms with E-state index in [1.807, 2.05) is 0 Å². The molecule has 0 aromatic heterocycles. The van der Waals surface area contributed by atoms with Crippen molar-refractivity contribution in [1.29, 1.82) is 0 Å². The summed E-state index contributed by atoms with van der Waals surface area (Å²) >= 11 is -1.10. The van der Waals surface area contributed by atoms with Crippen molar-refractivity contribution in [1.82, 2.24) is 0 Å². The van der Waals surface area contributed by atoms with Crippen molar-refractivity contribution in [3.8, 4) is 0 Å². The van der Waals surface area contributed by atoms with Crippen molar-refractivity contribution in [2.24, 2.45) is 0 Å². The molecule has 0 saturated carbocycles. The summed E-state index contributed by atoms with van der Waals surface area (Å²) in [7, 11) is 0. The van der Waals surface area contributed by atoms with Crippen LogP contribution in [0.1, 0.15) is 0 Å². The van der Waals surface area contributed by atoms with Crippen LogP contribution in [0.15, 0.2) is 0 Å². The van der Waals surface area contributed by atoms with E-state index >= 15 is 0 Å². The molecule has 0 aromatic rings. The van der Waals surface area contributed by atoms with E-state index in [9.17, 15) is 14.7 Å². The fourth-order valence-electron chi connectivity index (χ4n) is 0.107. The molecule has 8 heavy (non-hydrogen) atoms. The van der Waals surface area contributed by atoms with Gasteiger partial charge in [0.25, 0.3) is 0 Å². The first-order chi connectivity index (χ1) is 3.68. The molecule has 6 heteroatoms. The monoisotopic (exact) mass is 153 g/mol. The standard InChI is InChI=1S/C2H2O4.H3N.Ti/c3-1(4)2(5)6;;/h(H,3,4)(H,5,6);1H3;/q;;+2/p-2. The Morgan fingerprint density at radius 3 is 2.25 bits per heavy atom. The molecule has 0 aliphatic carbocycles. The van der Waals surface area contributed by atoms with Gasteiger partial charge in [-0.3, -0.25) is 0 Å². The van der Waals surface area contributed by atoms with Crippen molar-refractivity contribution in [2.45, 2.75) is 0 Å². The Morgan fingerprint density at radius 1 is 1.62 bits per heavy atom. The number of hydrogen-bond acceptors (Lipinski definition) is 4. The van der Waals surface area contributed by atoms with Gasteiger partial charge in [-0.25, -0.2) is 0 Å². The third kappa shape index (κ3) is 2.73. The van der Waals surface area contributed by atoms with E-state index in [1.54, 1.807) is 0 Å². The SMILES string of the molecule is [NH3+][Ti][O]C(=O)C(=O)[O-]. The van der Waals surface area contributed by atoms with Crippen LogP contribution in [0.4, 0.5) is 0 Å². The first-order valence-electron chi connectivity index (χ1n) is 1.62. The molecule has 0 bridgehead atoms. The molecule has 0 aromatic carbocycles. The van der Waals surface area contributed by atoms with Crippen LogP contribution in [0, 0.1) is 0 Å². The molecule has 0 rings (SSSR count). The summed E-state index contributed by atoms with van der Waals surface area (Å²) in [6.07, 6.45) is 0. The van der Waals surface area contributed by atoms with Gasteiger partial charge in [-0.05, 0) is 0 Å². The molecule has 0 heterocycles. The van der Waals surface area contributed by atoms with Crippen LogP contribution in [-0.2, 0) is 32.7 Å². The normalized spacial score (nSPS) is 7.62. The summed E-state index contributed by atoms with van der Waals surface area (Å²) in [5.74, 6) is -3.13. The Bertz CT molecular complexity index is 113. The molecule has 0 fully saturated rings. The van der Waals surface area contributed by atoms with E-state index in [4.69, 9.17) is 0 Å². The van der Waals surface area contributed by atoms with Crippen molar-refractivity contribution in [3.63, 3.8) is 0 Å². The Hall–Kier alpha value is -0.386. The van der Waals surface area contributed by atoms with Gasteiger partial charge >= 0.3 is 54.0 Å². The van der Waals surface area contributed by atoms with E-state index in [2.05, 4.69) is 7.53 Å². The molecule has 0 amide bonds. The van der Waals surface area contributed by atoms with Crippen LogP contribution >= 0.6 is 0 Å². The van der Waals surface area contributed by atoms with E-state index < -0.39 is 31.7 Å². The van der Waals surface area contributed by atoms with Gasteiger partial charge in [0, 0.05) is 0 Å². The first kappa shape index (κ1) is 7.61. The quantitative estimate of drug-likeness (QED) is 0.311. The predicted molar refractivity (Wildman–Crippen MR) is 14.0 cm³/mol. The summed E-state index contributed by atoms with van der Waals surface area (Å²) in [5, 5.41) is 9.50. The molecular weight excluding hydrogens is 150 g/mol. The Morgan fingerprint density at radius 2 is 2.12 bits per heavy atom. The number of carbonyl (C=O) groups excluding carboxylic acids is 2. The first-order valence-corrected chi connectivity index (χ1v) is 3.37. The summed E-state index contributed by atoms with van der Waals surface area (Å²) in [5.41, 5.74) is 0. The minimum atomic E-state index is -1.81. The third-order valence-corrected chi connectivity index (χ3v) is 0.846. The zero-order valence-electron chi connectivity index (χ0n) is 3.84. The van der Waals surface area contributed by atoms with Gasteiger partial charge in [0.05, 0.1) is 0 Å². The van der Waals surface area contributed by atoms with Gasteiger partial charge in [-0.1, -0.05) is 0 Å². The second-order valence-corrected chi connectivity index (χ2v) is 1.59. The van der Waals surface area contributed by atoms with Crippen molar-refractivity contribution in [3.05, 3.63) is 0 Å². The maximum atomic E-state index is 9.85. The molecule has 0 spiro atoms. The Kier molecular flexibility index (Phi) is 3.42. The minimum absolute atomic E-state index is 1.10. The molecule has 3 N–H and O–H groups in total. The summed E-state index contributed by atoms with van der Waals surface area (Å²) < 4.78 is 7.22. The molecule has 0 unspecified atom stereocenters. The fourth-order valence-corrected chi connectivity index (χ4v) is 0.442. The number of rotatable bonds is 1. The van der Waals surface area contributed by atoms with Gasteiger partial charge in [0.2, 0.25) is 0 Å². The van der Waals surface area contributed by atoms with Gasteiger partial charge in [0.15, 0.2) is 0 Å². The number of carboxylic acids is 1. The van der Waals surface area contributed by atoms with E-state index in [0.717, 1.165) is 0 Å². The summed E-state index contributed by atoms with van der Waals surface area (Å²) in [6.45, 7) is 0. The third-order valence-electron chi connectivity index (χ3n) is 0.332. The predicted octanol–water partition coefficient (Wildman–Crippen LogP) is -3.57.